The molecule has 1 rings (SSSR count). The molecule has 1 aliphatic rings. The highest BCUT2D eigenvalue weighted by atomic mass is 16.1. The van der Waals surface area contributed by atoms with Crippen LogP contribution in [-0.4, -0.2) is 12.1 Å². The predicted molar refractivity (Wildman–Crippen MR) is 51.4 cm³/mol. The van der Waals surface area contributed by atoms with E-state index in [1.807, 2.05) is 6.92 Å². The minimum absolute atomic E-state index is 0.0638. The molecule has 1 aliphatic carbocycles. The van der Waals surface area contributed by atoms with E-state index in [0.717, 1.165) is 12.7 Å². The Morgan fingerprint density at radius 2 is 2.15 bits per heavy atom. The molecule has 0 aromatic carbocycles. The molecule has 0 radical (unpaired) electrons. The number of Topliss-reactive ketones (excluding diaryl/α,β-unsaturated/α-hetero) is 1. The average molecular weight is 182 g/mol. The molecule has 0 aromatic rings. The van der Waals surface area contributed by atoms with Gasteiger partial charge in [-0.15, -0.1) is 0 Å². The van der Waals surface area contributed by atoms with Crippen molar-refractivity contribution in [3.05, 3.63) is 0 Å². The van der Waals surface area contributed by atoms with E-state index in [9.17, 15) is 9.59 Å². The summed E-state index contributed by atoms with van der Waals surface area (Å²) in [6.45, 7) is 6.27. The third kappa shape index (κ3) is 1.98. The van der Waals surface area contributed by atoms with E-state index in [4.69, 9.17) is 0 Å². The molecule has 0 N–H and O–H groups in total. The highest BCUT2D eigenvalue weighted by Crippen LogP contribution is 2.43. The molecule has 2 atom stereocenters. The first-order valence-electron chi connectivity index (χ1n) is 4.95. The van der Waals surface area contributed by atoms with Crippen LogP contribution in [0.4, 0.5) is 0 Å². The number of hydrogen-bond acceptors (Lipinski definition) is 2. The van der Waals surface area contributed by atoms with Crippen molar-refractivity contribution in [1.82, 2.24) is 0 Å². The summed E-state index contributed by atoms with van der Waals surface area (Å²) in [6, 6.07) is 0. The lowest BCUT2D eigenvalue weighted by Crippen LogP contribution is -2.39. The fraction of sp³-hybridized carbons (Fsp3) is 0.818. The Bertz CT molecular complexity index is 218. The Balaban J connectivity index is 2.81. The zero-order valence-electron chi connectivity index (χ0n) is 8.67. The van der Waals surface area contributed by atoms with Crippen LogP contribution in [-0.2, 0) is 9.59 Å². The lowest BCUT2D eigenvalue weighted by molar-refractivity contribution is -0.131. The van der Waals surface area contributed by atoms with Gasteiger partial charge in [-0.2, -0.15) is 0 Å². The van der Waals surface area contributed by atoms with Crippen LogP contribution in [0.5, 0.6) is 0 Å². The van der Waals surface area contributed by atoms with Crippen molar-refractivity contribution in [1.29, 1.82) is 0 Å². The molecule has 0 aliphatic heterocycles. The Kier molecular flexibility index (Phi) is 2.89. The van der Waals surface area contributed by atoms with E-state index in [2.05, 4.69) is 13.8 Å². The summed E-state index contributed by atoms with van der Waals surface area (Å²) in [7, 11) is 0. The molecule has 0 bridgehead atoms. The highest BCUT2D eigenvalue weighted by molar-refractivity contribution is 5.82. The predicted octanol–water partition coefficient (Wildman–Crippen LogP) is 2.22. The Morgan fingerprint density at radius 1 is 1.54 bits per heavy atom. The molecule has 0 spiro atoms. The summed E-state index contributed by atoms with van der Waals surface area (Å²) in [4.78, 5) is 22.0. The van der Waals surface area contributed by atoms with E-state index in [1.165, 1.54) is 0 Å². The van der Waals surface area contributed by atoms with Crippen LogP contribution in [0.1, 0.15) is 40.0 Å². The number of carbonyl (C=O) groups excluding carboxylic acids is 2. The van der Waals surface area contributed by atoms with Gasteiger partial charge in [0.05, 0.1) is 0 Å². The zero-order valence-corrected chi connectivity index (χ0v) is 8.67. The van der Waals surface area contributed by atoms with Gasteiger partial charge in [-0.25, -0.2) is 0 Å². The zero-order chi connectivity index (χ0) is 10.1. The Morgan fingerprint density at radius 3 is 2.69 bits per heavy atom. The molecule has 0 aromatic heterocycles. The Labute approximate surface area is 79.7 Å². The molecular weight excluding hydrogens is 164 g/mol. The third-order valence-corrected chi connectivity index (χ3v) is 3.48. The highest BCUT2D eigenvalue weighted by Gasteiger charge is 2.40. The van der Waals surface area contributed by atoms with Gasteiger partial charge in [0.2, 0.25) is 0 Å². The van der Waals surface area contributed by atoms with Crippen LogP contribution < -0.4 is 0 Å². The second kappa shape index (κ2) is 3.60. The summed E-state index contributed by atoms with van der Waals surface area (Å²) in [5.41, 5.74) is 0.147. The summed E-state index contributed by atoms with van der Waals surface area (Å²) >= 11 is 0. The first kappa shape index (κ1) is 10.4. The van der Waals surface area contributed by atoms with Crippen LogP contribution in [0.15, 0.2) is 0 Å². The summed E-state index contributed by atoms with van der Waals surface area (Å²) in [6.07, 6.45) is 3.08. The van der Waals surface area contributed by atoms with Crippen LogP contribution >= 0.6 is 0 Å². The lowest BCUT2D eigenvalue weighted by Gasteiger charge is -2.41. The van der Waals surface area contributed by atoms with E-state index in [0.29, 0.717) is 18.6 Å². The van der Waals surface area contributed by atoms with E-state index < -0.39 is 0 Å². The second-order valence-corrected chi connectivity index (χ2v) is 4.75. The summed E-state index contributed by atoms with van der Waals surface area (Å²) in [5.74, 6) is 0.631. The van der Waals surface area contributed by atoms with Gasteiger partial charge in [0, 0.05) is 18.8 Å². The van der Waals surface area contributed by atoms with Crippen LogP contribution in [0, 0.1) is 17.3 Å². The van der Waals surface area contributed by atoms with Crippen molar-refractivity contribution in [2.24, 2.45) is 17.3 Å². The molecule has 0 heterocycles. The van der Waals surface area contributed by atoms with Crippen molar-refractivity contribution >= 4 is 12.1 Å². The minimum atomic E-state index is 0.0638. The average Bonchev–Trinajstić information content (AvgIpc) is 2.07. The van der Waals surface area contributed by atoms with Gasteiger partial charge >= 0.3 is 0 Å². The van der Waals surface area contributed by atoms with Gasteiger partial charge in [0.25, 0.3) is 0 Å². The van der Waals surface area contributed by atoms with Gasteiger partial charge < -0.3 is 4.79 Å². The third-order valence-electron chi connectivity index (χ3n) is 3.48. The number of ketones is 1. The van der Waals surface area contributed by atoms with Crippen LogP contribution in [0.3, 0.4) is 0 Å². The van der Waals surface area contributed by atoms with Crippen molar-refractivity contribution < 1.29 is 9.59 Å². The maximum atomic E-state index is 11.5. The van der Waals surface area contributed by atoms with E-state index in [-0.39, 0.29) is 17.3 Å². The molecule has 1 fully saturated rings. The molecule has 1 unspecified atom stereocenters. The topological polar surface area (TPSA) is 34.1 Å². The first-order valence-corrected chi connectivity index (χ1v) is 4.95. The second-order valence-electron chi connectivity index (χ2n) is 4.75. The molecule has 1 saturated carbocycles. The van der Waals surface area contributed by atoms with Crippen molar-refractivity contribution in [2.75, 3.05) is 0 Å². The SMILES string of the molecule is CC1C(=O)CCC(C)(C)[C@H]1CC=O. The van der Waals surface area contributed by atoms with Gasteiger partial charge in [0.1, 0.15) is 12.1 Å². The van der Waals surface area contributed by atoms with Gasteiger partial charge in [0.15, 0.2) is 0 Å². The van der Waals surface area contributed by atoms with Crippen molar-refractivity contribution in [3.8, 4) is 0 Å². The van der Waals surface area contributed by atoms with Gasteiger partial charge in [-0.05, 0) is 17.8 Å². The molecule has 0 amide bonds. The summed E-state index contributed by atoms with van der Waals surface area (Å²) in [5, 5.41) is 0. The summed E-state index contributed by atoms with van der Waals surface area (Å²) < 4.78 is 0. The van der Waals surface area contributed by atoms with E-state index in [1.54, 1.807) is 0 Å². The molecule has 2 heteroatoms. The van der Waals surface area contributed by atoms with Gasteiger partial charge in [-0.3, -0.25) is 4.79 Å². The fourth-order valence-corrected chi connectivity index (χ4v) is 2.39. The molecule has 2 nitrogen and oxygen atoms in total. The minimum Gasteiger partial charge on any atom is -0.303 e. The first-order chi connectivity index (χ1) is 5.99. The maximum Gasteiger partial charge on any atom is 0.136 e. The maximum absolute atomic E-state index is 11.5. The monoisotopic (exact) mass is 182 g/mol. The van der Waals surface area contributed by atoms with Crippen molar-refractivity contribution in [3.63, 3.8) is 0 Å². The number of hydrogen-bond donors (Lipinski definition) is 0. The lowest BCUT2D eigenvalue weighted by atomic mass is 9.63. The quantitative estimate of drug-likeness (QED) is 0.614. The molecule has 0 saturated heterocycles. The largest absolute Gasteiger partial charge is 0.303 e. The van der Waals surface area contributed by atoms with Gasteiger partial charge in [-0.1, -0.05) is 20.8 Å². The van der Waals surface area contributed by atoms with E-state index >= 15 is 0 Å². The number of carbonyl (C=O) groups is 2. The normalized spacial score (nSPS) is 33.0. The van der Waals surface area contributed by atoms with Crippen LogP contribution in [0.2, 0.25) is 0 Å². The molecular formula is C11H18O2. The number of rotatable bonds is 2. The van der Waals surface area contributed by atoms with Crippen LogP contribution in [0.25, 0.3) is 0 Å². The fourth-order valence-electron chi connectivity index (χ4n) is 2.39. The van der Waals surface area contributed by atoms with Crippen molar-refractivity contribution in [2.45, 2.75) is 40.0 Å². The molecule has 13 heavy (non-hydrogen) atoms. The standard InChI is InChI=1S/C11H18O2/c1-8-9(5-7-12)11(2,3)6-4-10(8)13/h7-9H,4-6H2,1-3H3/t8?,9-/m0/s1. The Hall–Kier alpha value is -0.660. The molecule has 74 valence electrons. The smallest absolute Gasteiger partial charge is 0.136 e. The number of aldehydes is 1.